The number of nitrogens with zero attached hydrogens (tertiary/aromatic N) is 2. The molecule has 0 unspecified atom stereocenters. The molecule has 3 N–H and O–H groups in total. The van der Waals surface area contributed by atoms with Gasteiger partial charge < -0.3 is 15.6 Å². The monoisotopic (exact) mass is 247 g/mol. The largest absolute Gasteiger partial charge is 0.508 e. The van der Waals surface area contributed by atoms with Crippen LogP contribution in [0.1, 0.15) is 11.3 Å². The second-order valence-corrected chi connectivity index (χ2v) is 4.04. The maximum atomic E-state index is 9.30. The van der Waals surface area contributed by atoms with Gasteiger partial charge in [-0.15, -0.1) is 0 Å². The van der Waals surface area contributed by atoms with Crippen LogP contribution in [0.5, 0.6) is 11.6 Å². The summed E-state index contributed by atoms with van der Waals surface area (Å²) in [6.45, 7) is 2.49. The van der Waals surface area contributed by atoms with Gasteiger partial charge >= 0.3 is 0 Å². The van der Waals surface area contributed by atoms with Gasteiger partial charge in [-0.2, -0.15) is 5.10 Å². The van der Waals surface area contributed by atoms with Crippen molar-refractivity contribution < 1.29 is 9.84 Å². The van der Waals surface area contributed by atoms with E-state index in [9.17, 15) is 5.11 Å². The van der Waals surface area contributed by atoms with Crippen LogP contribution in [0, 0.1) is 6.92 Å². The Hall–Kier alpha value is -2.01. The lowest BCUT2D eigenvalue weighted by molar-refractivity contribution is 0.379. The molecule has 2 rings (SSSR count). The third-order valence-corrected chi connectivity index (χ3v) is 2.82. The van der Waals surface area contributed by atoms with Crippen LogP contribution in [0.4, 0.5) is 0 Å². The number of hydrogen-bond acceptors (Lipinski definition) is 4. The van der Waals surface area contributed by atoms with Crippen molar-refractivity contribution >= 4 is 0 Å². The lowest BCUT2D eigenvalue weighted by Crippen LogP contribution is -2.05. The van der Waals surface area contributed by atoms with Gasteiger partial charge in [-0.1, -0.05) is 0 Å². The Balaban J connectivity index is 2.50. The summed E-state index contributed by atoms with van der Waals surface area (Å²) in [7, 11) is 1.62. The molecule has 18 heavy (non-hydrogen) atoms. The van der Waals surface area contributed by atoms with Crippen LogP contribution in [0.25, 0.3) is 5.69 Å². The van der Waals surface area contributed by atoms with Crippen LogP contribution in [0.15, 0.2) is 24.3 Å². The highest BCUT2D eigenvalue weighted by Crippen LogP contribution is 2.26. The Labute approximate surface area is 106 Å². The van der Waals surface area contributed by atoms with Gasteiger partial charge in [-0.3, -0.25) is 0 Å². The molecule has 96 valence electrons. The van der Waals surface area contributed by atoms with E-state index < -0.39 is 0 Å². The Kier molecular flexibility index (Phi) is 3.53. The minimum absolute atomic E-state index is 0.226. The first-order valence-corrected chi connectivity index (χ1v) is 5.79. The minimum atomic E-state index is 0.226. The van der Waals surface area contributed by atoms with Crippen LogP contribution in [-0.2, 0) is 6.42 Å². The predicted molar refractivity (Wildman–Crippen MR) is 69.3 cm³/mol. The smallest absolute Gasteiger partial charge is 0.219 e. The van der Waals surface area contributed by atoms with E-state index in [0.29, 0.717) is 12.4 Å². The van der Waals surface area contributed by atoms with Crippen LogP contribution >= 0.6 is 0 Å². The molecule has 0 aliphatic carbocycles. The van der Waals surface area contributed by atoms with Crippen LogP contribution in [0.3, 0.4) is 0 Å². The Bertz CT molecular complexity index is 532. The second kappa shape index (κ2) is 5.10. The first-order chi connectivity index (χ1) is 8.67. The Morgan fingerprint density at radius 1 is 1.33 bits per heavy atom. The van der Waals surface area contributed by atoms with Gasteiger partial charge in [-0.05, 0) is 44.2 Å². The van der Waals surface area contributed by atoms with Gasteiger partial charge in [-0.25, -0.2) is 4.68 Å². The van der Waals surface area contributed by atoms with E-state index in [4.69, 9.17) is 10.5 Å². The summed E-state index contributed by atoms with van der Waals surface area (Å²) in [6.07, 6.45) is 0.729. The van der Waals surface area contributed by atoms with Crippen LogP contribution in [0.2, 0.25) is 0 Å². The lowest BCUT2D eigenvalue weighted by atomic mass is 10.2. The molecule has 1 aromatic carbocycles. The number of rotatable bonds is 4. The third-order valence-electron chi connectivity index (χ3n) is 2.82. The summed E-state index contributed by atoms with van der Waals surface area (Å²) in [5, 5.41) is 13.8. The summed E-state index contributed by atoms with van der Waals surface area (Å²) in [5.74, 6) is 0.924. The van der Waals surface area contributed by atoms with Crippen LogP contribution < -0.4 is 10.5 Å². The second-order valence-electron chi connectivity index (χ2n) is 4.04. The van der Waals surface area contributed by atoms with Gasteiger partial charge in [0.1, 0.15) is 5.75 Å². The summed E-state index contributed by atoms with van der Waals surface area (Å²) >= 11 is 0. The molecule has 0 atom stereocenters. The Morgan fingerprint density at radius 2 is 2.00 bits per heavy atom. The number of phenols is 1. The number of phenolic OH excluding ortho intramolecular Hbond substituents is 1. The molecule has 5 heteroatoms. The molecule has 0 spiro atoms. The zero-order chi connectivity index (χ0) is 13.1. The fourth-order valence-electron chi connectivity index (χ4n) is 1.95. The molecule has 0 amide bonds. The molecule has 0 radical (unpaired) electrons. The number of aromatic hydroxyl groups is 1. The summed E-state index contributed by atoms with van der Waals surface area (Å²) in [6, 6.07) is 6.82. The highest BCUT2D eigenvalue weighted by atomic mass is 16.5. The van der Waals surface area contributed by atoms with E-state index in [1.165, 1.54) is 0 Å². The summed E-state index contributed by atoms with van der Waals surface area (Å²) in [5.41, 5.74) is 8.37. The SMILES string of the molecule is COc1c(CCN)c(C)nn1-c1ccc(O)cc1. The van der Waals surface area contributed by atoms with Gasteiger partial charge in [0.05, 0.1) is 18.5 Å². The highest BCUT2D eigenvalue weighted by molar-refractivity contribution is 5.43. The number of aryl methyl sites for hydroxylation is 1. The first kappa shape index (κ1) is 12.4. The molecule has 0 saturated heterocycles. The number of ether oxygens (including phenoxy) is 1. The average molecular weight is 247 g/mol. The molecule has 5 nitrogen and oxygen atoms in total. The molecule has 0 aliphatic rings. The topological polar surface area (TPSA) is 73.3 Å². The number of nitrogens with two attached hydrogens (primary N) is 1. The summed E-state index contributed by atoms with van der Waals surface area (Å²) in [4.78, 5) is 0. The van der Waals surface area contributed by atoms with E-state index in [-0.39, 0.29) is 5.75 Å². The summed E-state index contributed by atoms with van der Waals surface area (Å²) < 4.78 is 7.14. The zero-order valence-corrected chi connectivity index (χ0v) is 10.6. The molecule has 2 aromatic rings. The zero-order valence-electron chi connectivity index (χ0n) is 10.6. The first-order valence-electron chi connectivity index (χ1n) is 5.79. The third kappa shape index (κ3) is 2.17. The molecule has 0 fully saturated rings. The van der Waals surface area contributed by atoms with Gasteiger partial charge in [0.25, 0.3) is 0 Å². The van der Waals surface area contributed by atoms with E-state index in [0.717, 1.165) is 23.4 Å². The van der Waals surface area contributed by atoms with Crippen LogP contribution in [-0.4, -0.2) is 28.5 Å². The number of hydrogen-bond donors (Lipinski definition) is 2. The minimum Gasteiger partial charge on any atom is -0.508 e. The maximum absolute atomic E-state index is 9.30. The molecular weight excluding hydrogens is 230 g/mol. The maximum Gasteiger partial charge on any atom is 0.219 e. The number of methoxy groups -OCH3 is 1. The average Bonchev–Trinajstić information content (AvgIpc) is 2.68. The van der Waals surface area contributed by atoms with Crippen molar-refractivity contribution in [3.63, 3.8) is 0 Å². The van der Waals surface area contributed by atoms with Crippen molar-refractivity contribution in [3.05, 3.63) is 35.5 Å². The van der Waals surface area contributed by atoms with Gasteiger partial charge in [0, 0.05) is 5.56 Å². The van der Waals surface area contributed by atoms with E-state index in [1.807, 2.05) is 6.92 Å². The number of benzene rings is 1. The highest BCUT2D eigenvalue weighted by Gasteiger charge is 2.16. The standard InChI is InChI=1S/C13H17N3O2/c1-9-12(7-8-14)13(18-2)16(15-9)10-3-5-11(17)6-4-10/h3-6,17H,7-8,14H2,1-2H3. The number of aromatic nitrogens is 2. The van der Waals surface area contributed by atoms with Gasteiger partial charge in [0.2, 0.25) is 5.88 Å². The molecule has 1 heterocycles. The molecule has 0 saturated carbocycles. The fourth-order valence-corrected chi connectivity index (χ4v) is 1.95. The van der Waals surface area contributed by atoms with Crippen molar-refractivity contribution in [2.45, 2.75) is 13.3 Å². The van der Waals surface area contributed by atoms with Crippen molar-refractivity contribution in [1.29, 1.82) is 0 Å². The molecule has 1 aromatic heterocycles. The van der Waals surface area contributed by atoms with Crippen molar-refractivity contribution in [2.24, 2.45) is 5.73 Å². The normalized spacial score (nSPS) is 10.6. The Morgan fingerprint density at radius 3 is 2.56 bits per heavy atom. The van der Waals surface area contributed by atoms with E-state index in [2.05, 4.69) is 5.10 Å². The predicted octanol–water partition coefficient (Wildman–Crippen LogP) is 1.40. The van der Waals surface area contributed by atoms with Crippen molar-refractivity contribution in [3.8, 4) is 17.3 Å². The van der Waals surface area contributed by atoms with E-state index >= 15 is 0 Å². The van der Waals surface area contributed by atoms with Crippen molar-refractivity contribution in [1.82, 2.24) is 9.78 Å². The quantitative estimate of drug-likeness (QED) is 0.856. The molecule has 0 bridgehead atoms. The molecule has 0 aliphatic heterocycles. The lowest BCUT2D eigenvalue weighted by Gasteiger charge is -2.07. The van der Waals surface area contributed by atoms with Crippen molar-refractivity contribution in [2.75, 3.05) is 13.7 Å². The van der Waals surface area contributed by atoms with E-state index in [1.54, 1.807) is 36.1 Å². The van der Waals surface area contributed by atoms with Gasteiger partial charge in [0.15, 0.2) is 0 Å². The fraction of sp³-hybridized carbons (Fsp3) is 0.308. The molecular formula is C13H17N3O2.